The topological polar surface area (TPSA) is 88.5 Å². The summed E-state index contributed by atoms with van der Waals surface area (Å²) >= 11 is 10.1. The Hall–Kier alpha value is -1.88. The van der Waals surface area contributed by atoms with Gasteiger partial charge in [0.05, 0.1) is 12.8 Å². The van der Waals surface area contributed by atoms with Crippen LogP contribution in [0.25, 0.3) is 0 Å². The van der Waals surface area contributed by atoms with Crippen LogP contribution in [0, 0.1) is 0 Å². The van der Waals surface area contributed by atoms with E-state index in [0.29, 0.717) is 0 Å². The molecular formula is C12H9Cl2F5N2O4. The molecule has 6 nitrogen and oxygen atoms in total. The van der Waals surface area contributed by atoms with Crippen LogP contribution in [0.2, 0.25) is 0 Å². The van der Waals surface area contributed by atoms with E-state index in [9.17, 15) is 31.5 Å². The van der Waals surface area contributed by atoms with Gasteiger partial charge >= 0.3 is 23.5 Å². The molecule has 0 spiro atoms. The van der Waals surface area contributed by atoms with Gasteiger partial charge in [0.1, 0.15) is 16.8 Å². The van der Waals surface area contributed by atoms with Crippen LogP contribution in [0.3, 0.4) is 0 Å². The number of carbonyl (C=O) groups excluding carboxylic acids is 1. The number of carboxylic acid groups (broad SMARTS) is 1. The Bertz CT molecular complexity index is 692. The first-order chi connectivity index (χ1) is 11.4. The summed E-state index contributed by atoms with van der Waals surface area (Å²) in [4.78, 5) is 25.7. The number of aromatic nitrogens is 1. The van der Waals surface area contributed by atoms with Crippen LogP contribution >= 0.6 is 23.2 Å². The third-order valence-corrected chi connectivity index (χ3v) is 3.10. The summed E-state index contributed by atoms with van der Waals surface area (Å²) in [6.07, 6.45) is -5.42. The third-order valence-electron chi connectivity index (χ3n) is 2.73. The van der Waals surface area contributed by atoms with E-state index in [4.69, 9.17) is 28.3 Å². The van der Waals surface area contributed by atoms with E-state index >= 15 is 0 Å². The summed E-state index contributed by atoms with van der Waals surface area (Å²) in [7, 11) is 0.752. The van der Waals surface area contributed by atoms with E-state index in [1.807, 2.05) is 0 Å². The quantitative estimate of drug-likeness (QED) is 0.423. The van der Waals surface area contributed by atoms with Gasteiger partial charge in [0.2, 0.25) is 0 Å². The molecule has 140 valence electrons. The highest BCUT2D eigenvalue weighted by Crippen LogP contribution is 2.42. The molecule has 0 amide bonds. The van der Waals surface area contributed by atoms with Crippen molar-refractivity contribution >= 4 is 40.8 Å². The van der Waals surface area contributed by atoms with Crippen molar-refractivity contribution in [2.24, 2.45) is 0 Å². The lowest BCUT2D eigenvalue weighted by Crippen LogP contribution is -2.27. The van der Waals surface area contributed by atoms with E-state index in [-0.39, 0.29) is 12.4 Å². The smallest absolute Gasteiger partial charge is 0.434 e. The summed E-state index contributed by atoms with van der Waals surface area (Å²) in [6, 6.07) is 0. The van der Waals surface area contributed by atoms with Gasteiger partial charge in [-0.15, -0.1) is 11.6 Å². The molecule has 0 fully saturated rings. The maximum absolute atomic E-state index is 13.5. The van der Waals surface area contributed by atoms with Crippen molar-refractivity contribution in [3.8, 4) is 0 Å². The highest BCUT2D eigenvalue weighted by molar-refractivity contribution is 6.22. The van der Waals surface area contributed by atoms with Gasteiger partial charge in [-0.25, -0.2) is 14.6 Å². The highest BCUT2D eigenvalue weighted by Gasteiger charge is 2.46. The molecule has 1 aromatic heterocycles. The summed E-state index contributed by atoms with van der Waals surface area (Å²) < 4.78 is 70.6. The van der Waals surface area contributed by atoms with Crippen molar-refractivity contribution in [2.45, 2.75) is 11.6 Å². The first-order valence-electron chi connectivity index (χ1n) is 6.20. The van der Waals surface area contributed by atoms with Crippen LogP contribution in [-0.4, -0.2) is 41.6 Å². The fraction of sp³-hybridized carbons (Fsp3) is 0.417. The summed E-state index contributed by atoms with van der Waals surface area (Å²) in [6.45, 7) is -0.347. The van der Waals surface area contributed by atoms with Gasteiger partial charge in [0.25, 0.3) is 0 Å². The zero-order valence-electron chi connectivity index (χ0n) is 12.2. The van der Waals surface area contributed by atoms with Gasteiger partial charge in [-0.1, -0.05) is 0 Å². The average molecular weight is 411 g/mol. The van der Waals surface area contributed by atoms with Crippen LogP contribution in [0.5, 0.6) is 0 Å². The van der Waals surface area contributed by atoms with Gasteiger partial charge < -0.3 is 15.2 Å². The van der Waals surface area contributed by atoms with Crippen LogP contribution in [-0.2, 0) is 16.3 Å². The van der Waals surface area contributed by atoms with Gasteiger partial charge in [-0.05, 0) is 11.6 Å². The Balaban J connectivity index is 4.05. The Labute approximate surface area is 146 Å². The molecular weight excluding hydrogens is 402 g/mol. The summed E-state index contributed by atoms with van der Waals surface area (Å²) in [5.74, 6) is -3.96. The number of nitrogens with one attached hydrogen (secondary N) is 1. The van der Waals surface area contributed by atoms with E-state index in [0.717, 1.165) is 7.11 Å². The van der Waals surface area contributed by atoms with Crippen LogP contribution in [0.15, 0.2) is 0 Å². The number of pyridine rings is 1. The molecule has 0 saturated carbocycles. The largest absolute Gasteiger partial charge is 0.478 e. The second-order valence-corrected chi connectivity index (χ2v) is 5.19. The van der Waals surface area contributed by atoms with Gasteiger partial charge in [0, 0.05) is 12.4 Å². The molecule has 1 aromatic rings. The third kappa shape index (κ3) is 4.60. The number of carboxylic acids is 1. The van der Waals surface area contributed by atoms with Crippen molar-refractivity contribution in [1.82, 2.24) is 4.98 Å². The Morgan fingerprint density at radius 1 is 1.20 bits per heavy atom. The number of halogens is 7. The molecule has 0 bridgehead atoms. The minimum absolute atomic E-state index is 0.240. The Morgan fingerprint density at radius 2 is 1.76 bits per heavy atom. The number of esters is 1. The van der Waals surface area contributed by atoms with Gasteiger partial charge in [0.15, 0.2) is 5.69 Å². The molecule has 0 aliphatic carbocycles. The zero-order chi connectivity index (χ0) is 19.6. The monoisotopic (exact) mass is 410 g/mol. The van der Waals surface area contributed by atoms with Crippen molar-refractivity contribution in [3.63, 3.8) is 0 Å². The number of hydrogen-bond donors (Lipinski definition) is 2. The molecule has 0 saturated heterocycles. The molecule has 1 rings (SSSR count). The number of methoxy groups -OCH3 is 1. The standard InChI is InChI=1S/C12H9Cl2F5N2O4/c1-25-10(24)5-6(20-3-2-13)4(9(22)23)8(12(17,18)19)21-7(5)11(14,15)16/h2-3H2,1H3,(H,20,21)(H,22,23). The Morgan fingerprint density at radius 3 is 2.12 bits per heavy atom. The molecule has 0 unspecified atom stereocenters. The van der Waals surface area contributed by atoms with Gasteiger partial charge in [-0.3, -0.25) is 0 Å². The maximum Gasteiger partial charge on any atom is 0.434 e. The Kier molecular flexibility index (Phi) is 6.40. The maximum atomic E-state index is 13.5. The second kappa shape index (κ2) is 7.56. The predicted molar refractivity (Wildman–Crippen MR) is 76.5 cm³/mol. The molecule has 0 aliphatic rings. The lowest BCUT2D eigenvalue weighted by atomic mass is 10.0. The number of ether oxygens (including phenoxy) is 1. The number of hydrogen-bond acceptors (Lipinski definition) is 5. The molecule has 1 heterocycles. The fourth-order valence-electron chi connectivity index (χ4n) is 1.85. The van der Waals surface area contributed by atoms with Crippen molar-refractivity contribution in [1.29, 1.82) is 0 Å². The first-order valence-corrected chi connectivity index (χ1v) is 7.11. The number of carbonyl (C=O) groups is 2. The first kappa shape index (κ1) is 21.2. The molecule has 0 aromatic carbocycles. The fourth-order valence-corrected chi connectivity index (χ4v) is 2.08. The average Bonchev–Trinajstić information content (AvgIpc) is 2.48. The van der Waals surface area contributed by atoms with Gasteiger partial charge in [-0.2, -0.15) is 22.0 Å². The summed E-state index contributed by atoms with van der Waals surface area (Å²) in [5.41, 5.74) is -7.80. The molecule has 0 aliphatic heterocycles. The van der Waals surface area contributed by atoms with Crippen LogP contribution in [0.1, 0.15) is 32.1 Å². The van der Waals surface area contributed by atoms with E-state index in [2.05, 4.69) is 15.0 Å². The minimum atomic E-state index is -5.42. The van der Waals surface area contributed by atoms with Crippen molar-refractivity contribution in [3.05, 3.63) is 22.5 Å². The van der Waals surface area contributed by atoms with E-state index in [1.165, 1.54) is 0 Å². The van der Waals surface area contributed by atoms with E-state index < -0.39 is 51.7 Å². The van der Waals surface area contributed by atoms with Crippen molar-refractivity contribution in [2.75, 3.05) is 24.9 Å². The zero-order valence-corrected chi connectivity index (χ0v) is 13.7. The molecule has 2 N–H and O–H groups in total. The normalized spacial score (nSPS) is 12.0. The SMILES string of the molecule is COC(=O)c1c(C(F)(F)Cl)nc(C(F)(F)F)c(C(=O)O)c1NCCCl. The molecule has 0 radical (unpaired) electrons. The lowest BCUT2D eigenvalue weighted by Gasteiger charge is -2.21. The molecule has 0 atom stereocenters. The van der Waals surface area contributed by atoms with Crippen molar-refractivity contribution < 1.29 is 41.4 Å². The summed E-state index contributed by atoms with van der Waals surface area (Å²) in [5, 5.41) is 6.69. The molecule has 25 heavy (non-hydrogen) atoms. The minimum Gasteiger partial charge on any atom is -0.478 e. The number of aromatic carboxylic acids is 1. The number of alkyl halides is 7. The highest BCUT2D eigenvalue weighted by atomic mass is 35.5. The lowest BCUT2D eigenvalue weighted by molar-refractivity contribution is -0.142. The molecule has 13 heteroatoms. The van der Waals surface area contributed by atoms with Crippen LogP contribution < -0.4 is 5.32 Å². The predicted octanol–water partition coefficient (Wildman–Crippen LogP) is 3.52. The number of nitrogens with zero attached hydrogens (tertiary/aromatic N) is 1. The van der Waals surface area contributed by atoms with E-state index in [1.54, 1.807) is 0 Å². The number of anilines is 1. The van der Waals surface area contributed by atoms with Crippen LogP contribution in [0.4, 0.5) is 27.6 Å². The second-order valence-electron chi connectivity index (χ2n) is 4.34. The number of rotatable bonds is 6.